The molecule has 0 spiro atoms. The SMILES string of the molecule is CCN(CC)CCOc1ccc(CN(C)S(=O)(=O)c2cccc(CN3CCNCC3)c2)cc1. The van der Waals surface area contributed by atoms with E-state index >= 15 is 0 Å². The first-order chi connectivity index (χ1) is 15.9. The van der Waals surface area contributed by atoms with Crippen molar-refractivity contribution in [1.82, 2.24) is 19.4 Å². The first kappa shape index (κ1) is 25.6. The average Bonchev–Trinajstić information content (AvgIpc) is 2.83. The molecule has 0 aliphatic carbocycles. The summed E-state index contributed by atoms with van der Waals surface area (Å²) in [4.78, 5) is 5.00. The largest absolute Gasteiger partial charge is 0.492 e. The Bertz CT molecular complexity index is 956. The van der Waals surface area contributed by atoms with E-state index in [-0.39, 0.29) is 0 Å². The van der Waals surface area contributed by atoms with Gasteiger partial charge in [0.1, 0.15) is 12.4 Å². The van der Waals surface area contributed by atoms with Gasteiger partial charge in [-0.05, 0) is 48.5 Å². The predicted molar refractivity (Wildman–Crippen MR) is 133 cm³/mol. The lowest BCUT2D eigenvalue weighted by Crippen LogP contribution is -2.42. The third-order valence-electron chi connectivity index (χ3n) is 6.12. The van der Waals surface area contributed by atoms with Crippen molar-refractivity contribution in [3.63, 3.8) is 0 Å². The van der Waals surface area contributed by atoms with Crippen LogP contribution in [0, 0.1) is 0 Å². The van der Waals surface area contributed by atoms with Crippen LogP contribution in [0.1, 0.15) is 25.0 Å². The molecule has 1 N–H and O–H groups in total. The third-order valence-corrected chi connectivity index (χ3v) is 7.92. The van der Waals surface area contributed by atoms with Crippen molar-refractivity contribution in [3.8, 4) is 5.75 Å². The Kier molecular flexibility index (Phi) is 9.70. The Morgan fingerprint density at radius 3 is 2.36 bits per heavy atom. The maximum Gasteiger partial charge on any atom is 0.243 e. The summed E-state index contributed by atoms with van der Waals surface area (Å²) in [7, 11) is -1.94. The maximum absolute atomic E-state index is 13.2. The Morgan fingerprint density at radius 1 is 1.00 bits per heavy atom. The minimum atomic E-state index is -3.57. The van der Waals surface area contributed by atoms with Gasteiger partial charge in [0, 0.05) is 52.9 Å². The fourth-order valence-corrected chi connectivity index (χ4v) is 5.21. The highest BCUT2D eigenvalue weighted by molar-refractivity contribution is 7.89. The number of sulfonamides is 1. The van der Waals surface area contributed by atoms with Gasteiger partial charge in [-0.3, -0.25) is 4.90 Å². The number of piperazine rings is 1. The lowest BCUT2D eigenvalue weighted by atomic mass is 10.2. The molecule has 3 rings (SSSR count). The van der Waals surface area contributed by atoms with Gasteiger partial charge in [0.2, 0.25) is 10.0 Å². The van der Waals surface area contributed by atoms with Crippen LogP contribution in [0.25, 0.3) is 0 Å². The second-order valence-corrected chi connectivity index (χ2v) is 10.5. The molecular formula is C25H38N4O3S. The van der Waals surface area contributed by atoms with Crippen molar-refractivity contribution in [2.45, 2.75) is 31.8 Å². The molecular weight excluding hydrogens is 436 g/mol. The minimum Gasteiger partial charge on any atom is -0.492 e. The van der Waals surface area contributed by atoms with Gasteiger partial charge >= 0.3 is 0 Å². The first-order valence-electron chi connectivity index (χ1n) is 11.8. The number of rotatable bonds is 12. The van der Waals surface area contributed by atoms with Gasteiger partial charge in [0.25, 0.3) is 0 Å². The summed E-state index contributed by atoms with van der Waals surface area (Å²) in [5.74, 6) is 0.803. The summed E-state index contributed by atoms with van der Waals surface area (Å²) in [5.41, 5.74) is 1.95. The quantitative estimate of drug-likeness (QED) is 0.510. The van der Waals surface area contributed by atoms with E-state index in [4.69, 9.17) is 4.74 Å². The zero-order valence-electron chi connectivity index (χ0n) is 20.2. The molecule has 0 radical (unpaired) electrons. The summed E-state index contributed by atoms with van der Waals surface area (Å²) in [6, 6.07) is 15.0. The molecule has 0 unspecified atom stereocenters. The van der Waals surface area contributed by atoms with Crippen molar-refractivity contribution >= 4 is 10.0 Å². The lowest BCUT2D eigenvalue weighted by molar-refractivity contribution is 0.223. The molecule has 1 fully saturated rings. The Labute approximate surface area is 199 Å². The Morgan fingerprint density at radius 2 is 1.70 bits per heavy atom. The maximum atomic E-state index is 13.2. The normalized spacial score (nSPS) is 15.3. The molecule has 8 heteroatoms. The lowest BCUT2D eigenvalue weighted by Gasteiger charge is -2.27. The van der Waals surface area contributed by atoms with Crippen molar-refractivity contribution < 1.29 is 13.2 Å². The summed E-state index contributed by atoms with van der Waals surface area (Å²) in [6.07, 6.45) is 0. The number of hydrogen-bond donors (Lipinski definition) is 1. The molecule has 1 heterocycles. The number of likely N-dealkylation sites (N-methyl/N-ethyl adjacent to an activating group) is 1. The van der Waals surface area contributed by atoms with E-state index in [9.17, 15) is 8.42 Å². The van der Waals surface area contributed by atoms with Gasteiger partial charge < -0.3 is 15.0 Å². The van der Waals surface area contributed by atoms with Crippen LogP contribution in [0.5, 0.6) is 5.75 Å². The molecule has 2 aromatic carbocycles. The zero-order valence-corrected chi connectivity index (χ0v) is 21.0. The molecule has 2 aromatic rings. The fraction of sp³-hybridized carbons (Fsp3) is 0.520. The smallest absolute Gasteiger partial charge is 0.243 e. The predicted octanol–water partition coefficient (Wildman–Crippen LogP) is 2.63. The fourth-order valence-electron chi connectivity index (χ4n) is 3.98. The van der Waals surface area contributed by atoms with Crippen LogP contribution in [0.3, 0.4) is 0 Å². The van der Waals surface area contributed by atoms with Gasteiger partial charge in [-0.2, -0.15) is 4.31 Å². The van der Waals surface area contributed by atoms with Crippen molar-refractivity contribution in [1.29, 1.82) is 0 Å². The molecule has 1 saturated heterocycles. The third kappa shape index (κ3) is 7.52. The van der Waals surface area contributed by atoms with Gasteiger partial charge in [0.05, 0.1) is 4.90 Å². The average molecular weight is 475 g/mol. The van der Waals surface area contributed by atoms with Crippen LogP contribution < -0.4 is 10.1 Å². The number of hydrogen-bond acceptors (Lipinski definition) is 6. The number of nitrogens with zero attached hydrogens (tertiary/aromatic N) is 3. The highest BCUT2D eigenvalue weighted by atomic mass is 32.2. The number of nitrogens with one attached hydrogen (secondary N) is 1. The van der Waals surface area contributed by atoms with Crippen LogP contribution in [0.4, 0.5) is 0 Å². The van der Waals surface area contributed by atoms with E-state index in [1.807, 2.05) is 36.4 Å². The second kappa shape index (κ2) is 12.5. The molecule has 7 nitrogen and oxygen atoms in total. The zero-order chi connectivity index (χ0) is 23.7. The van der Waals surface area contributed by atoms with E-state index in [0.717, 1.165) is 69.2 Å². The molecule has 182 valence electrons. The molecule has 0 saturated carbocycles. The number of benzene rings is 2. The van der Waals surface area contributed by atoms with Crippen LogP contribution in [-0.2, 0) is 23.1 Å². The van der Waals surface area contributed by atoms with Gasteiger partial charge in [-0.25, -0.2) is 8.42 Å². The molecule has 0 bridgehead atoms. The van der Waals surface area contributed by atoms with Crippen LogP contribution in [0.2, 0.25) is 0 Å². The van der Waals surface area contributed by atoms with Crippen molar-refractivity contribution in [3.05, 3.63) is 59.7 Å². The van der Waals surface area contributed by atoms with Crippen molar-refractivity contribution in [2.75, 3.05) is 59.5 Å². The molecule has 33 heavy (non-hydrogen) atoms. The summed E-state index contributed by atoms with van der Waals surface area (Å²) in [5, 5.41) is 3.34. The van der Waals surface area contributed by atoms with Gasteiger partial charge in [-0.15, -0.1) is 0 Å². The molecule has 0 aromatic heterocycles. The molecule has 0 amide bonds. The highest BCUT2D eigenvalue weighted by Crippen LogP contribution is 2.20. The number of ether oxygens (including phenoxy) is 1. The summed E-state index contributed by atoms with van der Waals surface area (Å²) in [6.45, 7) is 12.8. The van der Waals surface area contributed by atoms with Crippen LogP contribution >= 0.6 is 0 Å². The summed E-state index contributed by atoms with van der Waals surface area (Å²) >= 11 is 0. The van der Waals surface area contributed by atoms with E-state index in [2.05, 4.69) is 29.0 Å². The topological polar surface area (TPSA) is 65.1 Å². The van der Waals surface area contributed by atoms with E-state index in [1.165, 1.54) is 4.31 Å². The molecule has 1 aliphatic rings. The molecule has 1 aliphatic heterocycles. The van der Waals surface area contributed by atoms with Gasteiger partial charge in [0.15, 0.2) is 0 Å². The van der Waals surface area contributed by atoms with Crippen LogP contribution in [0.15, 0.2) is 53.4 Å². The van der Waals surface area contributed by atoms with Crippen molar-refractivity contribution in [2.24, 2.45) is 0 Å². The first-order valence-corrected chi connectivity index (χ1v) is 13.3. The minimum absolute atomic E-state index is 0.310. The highest BCUT2D eigenvalue weighted by Gasteiger charge is 2.22. The van der Waals surface area contributed by atoms with E-state index in [1.54, 1.807) is 19.2 Å². The van der Waals surface area contributed by atoms with E-state index < -0.39 is 10.0 Å². The van der Waals surface area contributed by atoms with Gasteiger partial charge in [-0.1, -0.05) is 38.1 Å². The standard InChI is InChI=1S/C25H38N4O3S/c1-4-28(5-2)17-18-32-24-11-9-22(10-12-24)20-27(3)33(30,31)25-8-6-7-23(19-25)21-29-15-13-26-14-16-29/h6-12,19,26H,4-5,13-18,20-21H2,1-3H3. The summed E-state index contributed by atoms with van der Waals surface area (Å²) < 4.78 is 33.6. The molecule has 0 atom stereocenters. The Balaban J connectivity index is 1.57. The van der Waals surface area contributed by atoms with Crippen LogP contribution in [-0.4, -0.2) is 82.0 Å². The monoisotopic (exact) mass is 474 g/mol. The second-order valence-electron chi connectivity index (χ2n) is 8.45. The Hall–Kier alpha value is -1.97. The van der Waals surface area contributed by atoms with E-state index in [0.29, 0.717) is 18.0 Å².